The lowest BCUT2D eigenvalue weighted by Crippen LogP contribution is -2.60. The van der Waals surface area contributed by atoms with Crippen molar-refractivity contribution in [1.29, 1.82) is 0 Å². The van der Waals surface area contributed by atoms with Crippen LogP contribution in [0.15, 0.2) is 0 Å². The van der Waals surface area contributed by atoms with Crippen molar-refractivity contribution in [3.63, 3.8) is 0 Å². The summed E-state index contributed by atoms with van der Waals surface area (Å²) in [5.74, 6) is 1.70. The molecule has 84 valence electrons. The average Bonchev–Trinajstić information content (AvgIpc) is 2.15. The molecule has 0 bridgehead atoms. The number of nitrogens with one attached hydrogen (secondary N) is 1. The summed E-state index contributed by atoms with van der Waals surface area (Å²) in [7, 11) is 0. The molecule has 0 saturated heterocycles. The molecule has 0 unspecified atom stereocenters. The Balaban J connectivity index is 2.28. The lowest BCUT2D eigenvalue weighted by Gasteiger charge is -2.47. The Morgan fingerprint density at radius 1 is 1.36 bits per heavy atom. The van der Waals surface area contributed by atoms with Gasteiger partial charge in [-0.3, -0.25) is 0 Å². The summed E-state index contributed by atoms with van der Waals surface area (Å²) in [5, 5.41) is 3.69. The summed E-state index contributed by atoms with van der Waals surface area (Å²) in [6.45, 7) is 8.81. The lowest BCUT2D eigenvalue weighted by molar-refractivity contribution is 0.117. The number of rotatable bonds is 6. The van der Waals surface area contributed by atoms with Gasteiger partial charge >= 0.3 is 0 Å². The molecule has 0 radical (unpaired) electrons. The average molecular weight is 198 g/mol. The van der Waals surface area contributed by atoms with E-state index in [9.17, 15) is 0 Å². The Bertz CT molecular complexity index is 158. The largest absolute Gasteiger partial charge is 0.329 e. The molecule has 2 nitrogen and oxygen atoms in total. The van der Waals surface area contributed by atoms with E-state index in [-0.39, 0.29) is 0 Å². The molecule has 2 heteroatoms. The van der Waals surface area contributed by atoms with Crippen LogP contribution in [-0.2, 0) is 0 Å². The maximum Gasteiger partial charge on any atom is 0.0309 e. The smallest absolute Gasteiger partial charge is 0.0309 e. The summed E-state index contributed by atoms with van der Waals surface area (Å²) < 4.78 is 0. The summed E-state index contributed by atoms with van der Waals surface area (Å²) >= 11 is 0. The summed E-state index contributed by atoms with van der Waals surface area (Å²) in [5.41, 5.74) is 6.13. The van der Waals surface area contributed by atoms with Gasteiger partial charge in [-0.25, -0.2) is 0 Å². The molecule has 0 aromatic rings. The maximum absolute atomic E-state index is 5.84. The second-order valence-electron chi connectivity index (χ2n) is 5.06. The Labute approximate surface area is 88.6 Å². The molecule has 14 heavy (non-hydrogen) atoms. The Hall–Kier alpha value is -0.0800. The predicted molar refractivity (Wildman–Crippen MR) is 62.3 cm³/mol. The van der Waals surface area contributed by atoms with Gasteiger partial charge in [-0.15, -0.1) is 0 Å². The van der Waals surface area contributed by atoms with Crippen molar-refractivity contribution >= 4 is 0 Å². The molecule has 1 fully saturated rings. The first-order valence-electron chi connectivity index (χ1n) is 6.11. The minimum absolute atomic E-state index is 0.294. The highest BCUT2D eigenvalue weighted by Gasteiger charge is 2.40. The van der Waals surface area contributed by atoms with Gasteiger partial charge in [-0.05, 0) is 31.2 Å². The molecule has 1 aliphatic carbocycles. The van der Waals surface area contributed by atoms with Crippen LogP contribution in [0, 0.1) is 11.8 Å². The first-order valence-corrected chi connectivity index (χ1v) is 6.11. The standard InChI is InChI=1S/C12H26N2/c1-4-11(5-2)8-14-12(9-13)6-10(3)7-12/h10-11,14H,4-9,13H2,1-3H3. The second kappa shape index (κ2) is 5.13. The fourth-order valence-corrected chi connectivity index (χ4v) is 2.60. The van der Waals surface area contributed by atoms with Crippen molar-refractivity contribution in [3.8, 4) is 0 Å². The predicted octanol–water partition coefficient (Wildman–Crippen LogP) is 2.14. The van der Waals surface area contributed by atoms with E-state index in [2.05, 4.69) is 26.1 Å². The van der Waals surface area contributed by atoms with E-state index in [1.54, 1.807) is 0 Å². The third-order valence-corrected chi connectivity index (χ3v) is 3.79. The minimum Gasteiger partial charge on any atom is -0.329 e. The normalized spacial score (nSPS) is 31.9. The van der Waals surface area contributed by atoms with E-state index in [1.165, 1.54) is 25.7 Å². The molecule has 0 aromatic carbocycles. The van der Waals surface area contributed by atoms with Gasteiger partial charge in [0.15, 0.2) is 0 Å². The number of nitrogens with two attached hydrogens (primary N) is 1. The quantitative estimate of drug-likeness (QED) is 0.686. The molecule has 0 atom stereocenters. The zero-order valence-corrected chi connectivity index (χ0v) is 9.97. The molecule has 3 N–H and O–H groups in total. The third kappa shape index (κ3) is 2.71. The van der Waals surface area contributed by atoms with E-state index >= 15 is 0 Å². The second-order valence-corrected chi connectivity index (χ2v) is 5.06. The number of hydrogen-bond donors (Lipinski definition) is 2. The van der Waals surface area contributed by atoms with Crippen molar-refractivity contribution in [2.45, 2.75) is 52.0 Å². The fraction of sp³-hybridized carbons (Fsp3) is 1.00. The lowest BCUT2D eigenvalue weighted by atomic mass is 9.69. The van der Waals surface area contributed by atoms with Gasteiger partial charge in [-0.2, -0.15) is 0 Å². The SMILES string of the molecule is CCC(CC)CNC1(CN)CC(C)C1. The highest BCUT2D eigenvalue weighted by atomic mass is 15.0. The van der Waals surface area contributed by atoms with Crippen LogP contribution in [0.1, 0.15) is 46.5 Å². The van der Waals surface area contributed by atoms with Crippen molar-refractivity contribution in [2.24, 2.45) is 17.6 Å². The highest BCUT2D eigenvalue weighted by Crippen LogP contribution is 2.36. The fourth-order valence-electron chi connectivity index (χ4n) is 2.60. The van der Waals surface area contributed by atoms with Crippen molar-refractivity contribution in [1.82, 2.24) is 5.32 Å². The molecule has 0 heterocycles. The van der Waals surface area contributed by atoms with Gasteiger partial charge in [0, 0.05) is 12.1 Å². The van der Waals surface area contributed by atoms with Crippen LogP contribution in [0.4, 0.5) is 0 Å². The summed E-state index contributed by atoms with van der Waals surface area (Å²) in [6.07, 6.45) is 5.09. The van der Waals surface area contributed by atoms with Gasteiger partial charge in [-0.1, -0.05) is 33.6 Å². The van der Waals surface area contributed by atoms with Gasteiger partial charge in [0.25, 0.3) is 0 Å². The molecule has 0 aliphatic heterocycles. The van der Waals surface area contributed by atoms with Crippen LogP contribution in [0.25, 0.3) is 0 Å². The zero-order valence-electron chi connectivity index (χ0n) is 9.97. The molecule has 1 saturated carbocycles. The van der Waals surface area contributed by atoms with Crippen LogP contribution in [0.2, 0.25) is 0 Å². The number of hydrogen-bond acceptors (Lipinski definition) is 2. The Kier molecular flexibility index (Phi) is 4.39. The van der Waals surface area contributed by atoms with Crippen LogP contribution >= 0.6 is 0 Å². The van der Waals surface area contributed by atoms with E-state index in [0.29, 0.717) is 5.54 Å². The van der Waals surface area contributed by atoms with Gasteiger partial charge in [0.05, 0.1) is 0 Å². The first kappa shape index (κ1) is 12.0. The summed E-state index contributed by atoms with van der Waals surface area (Å²) in [6, 6.07) is 0. The minimum atomic E-state index is 0.294. The monoisotopic (exact) mass is 198 g/mol. The van der Waals surface area contributed by atoms with Gasteiger partial charge in [0.1, 0.15) is 0 Å². The van der Waals surface area contributed by atoms with Crippen LogP contribution < -0.4 is 11.1 Å². The third-order valence-electron chi connectivity index (χ3n) is 3.79. The molecular formula is C12H26N2. The molecule has 0 aromatic heterocycles. The first-order chi connectivity index (χ1) is 6.65. The van der Waals surface area contributed by atoms with Crippen molar-refractivity contribution in [3.05, 3.63) is 0 Å². The molecule has 0 spiro atoms. The Morgan fingerprint density at radius 3 is 2.29 bits per heavy atom. The topological polar surface area (TPSA) is 38.0 Å². The van der Waals surface area contributed by atoms with Gasteiger partial charge in [0.2, 0.25) is 0 Å². The van der Waals surface area contributed by atoms with E-state index in [4.69, 9.17) is 5.73 Å². The molecule has 1 aliphatic rings. The Morgan fingerprint density at radius 2 is 1.93 bits per heavy atom. The van der Waals surface area contributed by atoms with E-state index in [0.717, 1.165) is 24.9 Å². The molecular weight excluding hydrogens is 172 g/mol. The highest BCUT2D eigenvalue weighted by molar-refractivity contribution is 5.00. The van der Waals surface area contributed by atoms with Crippen LogP contribution in [0.5, 0.6) is 0 Å². The van der Waals surface area contributed by atoms with Crippen molar-refractivity contribution in [2.75, 3.05) is 13.1 Å². The zero-order chi connectivity index (χ0) is 10.6. The van der Waals surface area contributed by atoms with Gasteiger partial charge < -0.3 is 11.1 Å². The van der Waals surface area contributed by atoms with E-state index in [1.807, 2.05) is 0 Å². The molecule has 1 rings (SSSR count). The summed E-state index contributed by atoms with van der Waals surface area (Å²) in [4.78, 5) is 0. The maximum atomic E-state index is 5.84. The van der Waals surface area contributed by atoms with Crippen molar-refractivity contribution < 1.29 is 0 Å². The molecule has 0 amide bonds. The van der Waals surface area contributed by atoms with E-state index < -0.39 is 0 Å². The van der Waals surface area contributed by atoms with Crippen LogP contribution in [0.3, 0.4) is 0 Å². The van der Waals surface area contributed by atoms with Crippen LogP contribution in [-0.4, -0.2) is 18.6 Å².